The maximum Gasteiger partial charge on any atom is 0.276 e. The first-order chi connectivity index (χ1) is 17.2. The van der Waals surface area contributed by atoms with Gasteiger partial charge in [0.15, 0.2) is 0 Å². The molecule has 0 radical (unpaired) electrons. The maximum atomic E-state index is 12.9. The lowest BCUT2D eigenvalue weighted by atomic mass is 10.1. The molecule has 4 rings (SSSR count). The summed E-state index contributed by atoms with van der Waals surface area (Å²) in [6, 6.07) is 16.9. The molecule has 1 saturated heterocycles. The molecule has 0 saturated carbocycles. The van der Waals surface area contributed by atoms with Crippen LogP contribution in [0.5, 0.6) is 0 Å². The van der Waals surface area contributed by atoms with Gasteiger partial charge in [0.25, 0.3) is 11.5 Å². The van der Waals surface area contributed by atoms with Gasteiger partial charge in [0.2, 0.25) is 5.91 Å². The van der Waals surface area contributed by atoms with Gasteiger partial charge in [-0.1, -0.05) is 18.2 Å². The summed E-state index contributed by atoms with van der Waals surface area (Å²) in [5.74, 6) is -0.427. The largest absolute Gasteiger partial charge is 0.365 e. The van der Waals surface area contributed by atoms with Gasteiger partial charge in [0.1, 0.15) is 5.69 Å². The van der Waals surface area contributed by atoms with Crippen LogP contribution in [0, 0.1) is 20.8 Å². The van der Waals surface area contributed by atoms with Crippen molar-refractivity contribution in [3.8, 4) is 0 Å². The van der Waals surface area contributed by atoms with Gasteiger partial charge in [-0.3, -0.25) is 14.4 Å². The van der Waals surface area contributed by atoms with Crippen LogP contribution in [0.1, 0.15) is 40.5 Å². The zero-order chi connectivity index (χ0) is 25.8. The second-order valence-corrected chi connectivity index (χ2v) is 9.50. The van der Waals surface area contributed by atoms with Crippen LogP contribution in [0.4, 0.5) is 11.4 Å². The Morgan fingerprint density at radius 1 is 1.00 bits per heavy atom. The highest BCUT2D eigenvalue weighted by Crippen LogP contribution is 2.22. The number of benzene rings is 2. The Labute approximate surface area is 211 Å². The highest BCUT2D eigenvalue weighted by molar-refractivity contribution is 6.02. The zero-order valence-electron chi connectivity index (χ0n) is 21.3. The number of carbonyl (C=O) groups is 2. The molecule has 8 heteroatoms. The van der Waals surface area contributed by atoms with E-state index in [-0.39, 0.29) is 36.2 Å². The standard InChI is InChI=1S/C28H33N5O3/c1-19-6-5-7-24(16-19)32-15-14-31(18-22(32)4)26(34)12-13-33-27(35)11-10-25(30-33)28(36)29-23-9-8-20(2)21(3)17-23/h5-11,16-17,22H,12-15,18H2,1-4H3,(H,29,36)/t22-/m1/s1. The van der Waals surface area contributed by atoms with Crippen molar-refractivity contribution < 1.29 is 9.59 Å². The van der Waals surface area contributed by atoms with Gasteiger partial charge in [-0.05, 0) is 74.7 Å². The lowest BCUT2D eigenvalue weighted by Crippen LogP contribution is -2.54. The number of rotatable bonds is 6. The van der Waals surface area contributed by atoms with Gasteiger partial charge in [-0.2, -0.15) is 5.10 Å². The Morgan fingerprint density at radius 2 is 1.81 bits per heavy atom. The van der Waals surface area contributed by atoms with E-state index in [1.165, 1.54) is 28.1 Å². The topological polar surface area (TPSA) is 87.5 Å². The van der Waals surface area contributed by atoms with Crippen LogP contribution in [0.3, 0.4) is 0 Å². The van der Waals surface area contributed by atoms with Gasteiger partial charge in [0, 0.05) is 49.5 Å². The summed E-state index contributed by atoms with van der Waals surface area (Å²) in [4.78, 5) is 42.1. The van der Waals surface area contributed by atoms with Crippen molar-refractivity contribution in [2.24, 2.45) is 0 Å². The highest BCUT2D eigenvalue weighted by atomic mass is 16.2. The molecule has 1 fully saturated rings. The summed E-state index contributed by atoms with van der Waals surface area (Å²) < 4.78 is 1.19. The Bertz CT molecular complexity index is 1330. The van der Waals surface area contributed by atoms with E-state index in [0.29, 0.717) is 18.8 Å². The SMILES string of the molecule is Cc1cccc(N2CCN(C(=O)CCn3nc(C(=O)Nc4ccc(C)c(C)c4)ccc3=O)C[C@H]2C)c1. The van der Waals surface area contributed by atoms with Gasteiger partial charge < -0.3 is 15.1 Å². The van der Waals surface area contributed by atoms with E-state index in [1.54, 1.807) is 0 Å². The quantitative estimate of drug-likeness (QED) is 0.575. The van der Waals surface area contributed by atoms with Gasteiger partial charge in [0.05, 0.1) is 6.54 Å². The number of nitrogens with one attached hydrogen (secondary N) is 1. The average Bonchev–Trinajstić information content (AvgIpc) is 2.85. The Morgan fingerprint density at radius 3 is 2.53 bits per heavy atom. The van der Waals surface area contributed by atoms with E-state index >= 15 is 0 Å². The third-order valence-electron chi connectivity index (χ3n) is 6.72. The average molecular weight is 488 g/mol. The van der Waals surface area contributed by atoms with Crippen molar-refractivity contribution >= 4 is 23.2 Å². The number of amides is 2. The van der Waals surface area contributed by atoms with Crippen molar-refractivity contribution in [2.75, 3.05) is 29.9 Å². The molecule has 3 aromatic rings. The number of aromatic nitrogens is 2. The van der Waals surface area contributed by atoms with Crippen LogP contribution < -0.4 is 15.8 Å². The van der Waals surface area contributed by atoms with E-state index in [9.17, 15) is 14.4 Å². The van der Waals surface area contributed by atoms with Crippen LogP contribution in [0.25, 0.3) is 0 Å². The number of anilines is 2. The van der Waals surface area contributed by atoms with Gasteiger partial charge >= 0.3 is 0 Å². The van der Waals surface area contributed by atoms with Gasteiger partial charge in [-0.25, -0.2) is 4.68 Å². The van der Waals surface area contributed by atoms with Crippen LogP contribution in [0.15, 0.2) is 59.4 Å². The summed E-state index contributed by atoms with van der Waals surface area (Å²) >= 11 is 0. The molecule has 1 aliphatic heterocycles. The molecule has 1 aromatic heterocycles. The molecule has 0 spiro atoms. The third-order valence-corrected chi connectivity index (χ3v) is 6.72. The van der Waals surface area contributed by atoms with Crippen LogP contribution >= 0.6 is 0 Å². The maximum absolute atomic E-state index is 12.9. The normalized spacial score (nSPS) is 15.6. The third kappa shape index (κ3) is 5.82. The molecule has 1 atom stereocenters. The number of aryl methyl sites for hydroxylation is 4. The summed E-state index contributed by atoms with van der Waals surface area (Å²) in [5, 5.41) is 7.03. The minimum atomic E-state index is -0.403. The molecule has 1 N–H and O–H groups in total. The van der Waals surface area contributed by atoms with Crippen LogP contribution in [0.2, 0.25) is 0 Å². The number of nitrogens with zero attached hydrogens (tertiary/aromatic N) is 4. The fraction of sp³-hybridized carbons (Fsp3) is 0.357. The lowest BCUT2D eigenvalue weighted by Gasteiger charge is -2.41. The molecule has 0 bridgehead atoms. The second-order valence-electron chi connectivity index (χ2n) is 9.50. The van der Waals surface area contributed by atoms with E-state index in [2.05, 4.69) is 53.4 Å². The van der Waals surface area contributed by atoms with E-state index < -0.39 is 5.91 Å². The first-order valence-corrected chi connectivity index (χ1v) is 12.3. The van der Waals surface area contributed by atoms with Crippen molar-refractivity contribution in [3.05, 3.63) is 87.3 Å². The van der Waals surface area contributed by atoms with Crippen molar-refractivity contribution in [2.45, 2.75) is 46.7 Å². The second kappa shape index (κ2) is 10.8. The Kier molecular flexibility index (Phi) is 7.52. The minimum Gasteiger partial charge on any atom is -0.365 e. The van der Waals surface area contributed by atoms with Gasteiger partial charge in [-0.15, -0.1) is 0 Å². The molecule has 2 amide bonds. The Hall–Kier alpha value is -3.94. The van der Waals surface area contributed by atoms with Crippen LogP contribution in [-0.4, -0.2) is 52.2 Å². The predicted octanol–water partition coefficient (Wildman–Crippen LogP) is 3.55. The van der Waals surface area contributed by atoms with E-state index in [4.69, 9.17) is 0 Å². The fourth-order valence-electron chi connectivity index (χ4n) is 4.48. The monoisotopic (exact) mass is 487 g/mol. The molecular weight excluding hydrogens is 454 g/mol. The summed E-state index contributed by atoms with van der Waals surface area (Å²) in [6.07, 6.45) is 0.145. The minimum absolute atomic E-state index is 0.0237. The van der Waals surface area contributed by atoms with E-state index in [1.807, 2.05) is 36.9 Å². The van der Waals surface area contributed by atoms with Crippen molar-refractivity contribution in [1.82, 2.24) is 14.7 Å². The fourth-order valence-corrected chi connectivity index (χ4v) is 4.48. The molecule has 36 heavy (non-hydrogen) atoms. The Balaban J connectivity index is 1.36. The summed E-state index contributed by atoms with van der Waals surface area (Å²) in [5.41, 5.74) is 5.02. The molecule has 2 aromatic carbocycles. The van der Waals surface area contributed by atoms with Crippen molar-refractivity contribution in [1.29, 1.82) is 0 Å². The lowest BCUT2D eigenvalue weighted by molar-refractivity contribution is -0.132. The van der Waals surface area contributed by atoms with Crippen molar-refractivity contribution in [3.63, 3.8) is 0 Å². The predicted molar refractivity (Wildman–Crippen MR) is 142 cm³/mol. The number of carbonyl (C=O) groups excluding carboxylic acids is 2. The van der Waals surface area contributed by atoms with Crippen LogP contribution in [-0.2, 0) is 11.3 Å². The zero-order valence-corrected chi connectivity index (χ0v) is 21.3. The first-order valence-electron chi connectivity index (χ1n) is 12.3. The molecule has 2 heterocycles. The molecular formula is C28H33N5O3. The summed E-state index contributed by atoms with van der Waals surface area (Å²) in [6.45, 7) is 10.3. The highest BCUT2D eigenvalue weighted by Gasteiger charge is 2.27. The molecule has 8 nitrogen and oxygen atoms in total. The molecule has 0 unspecified atom stereocenters. The molecule has 0 aliphatic carbocycles. The number of hydrogen-bond acceptors (Lipinski definition) is 5. The molecule has 188 valence electrons. The first kappa shape index (κ1) is 25.2. The number of hydrogen-bond donors (Lipinski definition) is 1. The molecule has 1 aliphatic rings. The smallest absolute Gasteiger partial charge is 0.276 e. The number of piperazine rings is 1. The van der Waals surface area contributed by atoms with E-state index in [0.717, 1.165) is 17.7 Å². The summed E-state index contributed by atoms with van der Waals surface area (Å²) in [7, 11) is 0.